The van der Waals surface area contributed by atoms with Gasteiger partial charge in [0, 0.05) is 18.6 Å². The third-order valence-electron chi connectivity index (χ3n) is 2.28. The highest BCUT2D eigenvalue weighted by molar-refractivity contribution is 6.19. The van der Waals surface area contributed by atoms with E-state index in [9.17, 15) is 0 Å². The second kappa shape index (κ2) is 5.20. The van der Waals surface area contributed by atoms with Crippen molar-refractivity contribution in [3.8, 4) is 0 Å². The first kappa shape index (κ1) is 11.3. The lowest BCUT2D eigenvalue weighted by Crippen LogP contribution is -2.01. The molecule has 1 rings (SSSR count). The van der Waals surface area contributed by atoms with Crippen LogP contribution in [0.5, 0.6) is 0 Å². The molecule has 0 saturated carbocycles. The van der Waals surface area contributed by atoms with Crippen LogP contribution in [0, 0.1) is 5.92 Å². The summed E-state index contributed by atoms with van der Waals surface area (Å²) in [6.07, 6.45) is 3.95. The molecule has 0 atom stereocenters. The van der Waals surface area contributed by atoms with Crippen molar-refractivity contribution in [1.29, 1.82) is 0 Å². The molecule has 0 aromatic carbocycles. The van der Waals surface area contributed by atoms with Gasteiger partial charge in [0.15, 0.2) is 0 Å². The summed E-state index contributed by atoms with van der Waals surface area (Å²) in [4.78, 5) is 0. The van der Waals surface area contributed by atoms with Crippen LogP contribution in [0.1, 0.15) is 26.5 Å². The van der Waals surface area contributed by atoms with Crippen molar-refractivity contribution in [2.24, 2.45) is 5.92 Å². The van der Waals surface area contributed by atoms with Crippen molar-refractivity contribution in [1.82, 2.24) is 9.78 Å². The second-order valence-corrected chi connectivity index (χ2v) is 3.85. The predicted molar refractivity (Wildman–Crippen MR) is 61.4 cm³/mol. The summed E-state index contributed by atoms with van der Waals surface area (Å²) in [6, 6.07) is 2.01. The van der Waals surface area contributed by atoms with Gasteiger partial charge in [-0.2, -0.15) is 5.10 Å². The van der Waals surface area contributed by atoms with Crippen molar-refractivity contribution in [3.63, 3.8) is 0 Å². The minimum absolute atomic E-state index is 0.493. The first-order valence-electron chi connectivity index (χ1n) is 4.97. The maximum atomic E-state index is 5.88. The van der Waals surface area contributed by atoms with Gasteiger partial charge in [-0.25, -0.2) is 0 Å². The van der Waals surface area contributed by atoms with Gasteiger partial charge in [-0.1, -0.05) is 19.4 Å². The fourth-order valence-corrected chi connectivity index (χ4v) is 1.66. The fourth-order valence-electron chi connectivity index (χ4n) is 1.28. The van der Waals surface area contributed by atoms with Crippen molar-refractivity contribution in [2.75, 3.05) is 5.88 Å². The summed E-state index contributed by atoms with van der Waals surface area (Å²) < 4.78 is 1.97. The second-order valence-electron chi connectivity index (χ2n) is 3.58. The highest BCUT2D eigenvalue weighted by Crippen LogP contribution is 2.15. The molecule has 14 heavy (non-hydrogen) atoms. The predicted octanol–water partition coefficient (Wildman–Crippen LogP) is 3.18. The number of nitrogens with zero attached hydrogens (tertiary/aromatic N) is 2. The topological polar surface area (TPSA) is 17.8 Å². The molecule has 3 heteroatoms. The van der Waals surface area contributed by atoms with E-state index < -0.39 is 0 Å². The molecule has 0 aliphatic carbocycles. The van der Waals surface area contributed by atoms with Crippen molar-refractivity contribution < 1.29 is 0 Å². The lowest BCUT2D eigenvalue weighted by Gasteiger charge is -2.08. The van der Waals surface area contributed by atoms with Crippen LogP contribution in [0.4, 0.5) is 0 Å². The first-order chi connectivity index (χ1) is 6.69. The molecule has 0 aliphatic rings. The molecule has 1 aromatic heterocycles. The Morgan fingerprint density at radius 1 is 1.64 bits per heavy atom. The molecule has 0 spiro atoms. The average Bonchev–Trinajstić information content (AvgIpc) is 2.60. The molecule has 0 saturated heterocycles. The van der Waals surface area contributed by atoms with Crippen LogP contribution >= 0.6 is 11.6 Å². The smallest absolute Gasteiger partial charge is 0.0609 e. The zero-order chi connectivity index (χ0) is 10.6. The number of aryl methyl sites for hydroxylation is 1. The Kier molecular flexibility index (Phi) is 4.21. The highest BCUT2D eigenvalue weighted by Gasteiger charge is 2.04. The molecule has 0 N–H and O–H groups in total. The van der Waals surface area contributed by atoms with E-state index in [4.69, 9.17) is 11.6 Å². The van der Waals surface area contributed by atoms with Gasteiger partial charge < -0.3 is 0 Å². The summed E-state index contributed by atoms with van der Waals surface area (Å²) in [5, 5.41) is 4.21. The van der Waals surface area contributed by atoms with Crippen LogP contribution in [-0.2, 0) is 6.54 Å². The standard InChI is InChI=1S/C11H17ClN2/c1-4-14-11(5-6-13-14)7-10(8-12)9(2)3/h5-7,9H,4,8H2,1-3H3/b10-7-. The van der Waals surface area contributed by atoms with E-state index >= 15 is 0 Å². The molecule has 0 bridgehead atoms. The van der Waals surface area contributed by atoms with E-state index in [1.807, 2.05) is 16.9 Å². The van der Waals surface area contributed by atoms with Crippen LogP contribution in [0.3, 0.4) is 0 Å². The van der Waals surface area contributed by atoms with Gasteiger partial charge in [0.25, 0.3) is 0 Å². The van der Waals surface area contributed by atoms with E-state index in [0.29, 0.717) is 11.8 Å². The minimum atomic E-state index is 0.493. The van der Waals surface area contributed by atoms with Crippen molar-refractivity contribution in [3.05, 3.63) is 23.5 Å². The van der Waals surface area contributed by atoms with Gasteiger partial charge in [-0.05, 0) is 25.0 Å². The molecule has 0 amide bonds. The van der Waals surface area contributed by atoms with E-state index in [1.54, 1.807) is 0 Å². The van der Waals surface area contributed by atoms with Crippen molar-refractivity contribution in [2.45, 2.75) is 27.3 Å². The SMILES string of the molecule is CCn1nccc1/C=C(/CCl)C(C)C. The molecule has 0 unspecified atom stereocenters. The van der Waals surface area contributed by atoms with E-state index in [-0.39, 0.29) is 0 Å². The summed E-state index contributed by atoms with van der Waals surface area (Å²) in [5.74, 6) is 1.08. The normalized spacial score (nSPS) is 12.5. The summed E-state index contributed by atoms with van der Waals surface area (Å²) in [7, 11) is 0. The molecule has 0 aliphatic heterocycles. The number of hydrogen-bond donors (Lipinski definition) is 0. The van der Waals surface area contributed by atoms with E-state index in [2.05, 4.69) is 31.9 Å². The molecule has 2 nitrogen and oxygen atoms in total. The number of rotatable bonds is 4. The van der Waals surface area contributed by atoms with Crippen LogP contribution < -0.4 is 0 Å². The lowest BCUT2D eigenvalue weighted by molar-refractivity contribution is 0.652. The molecule has 0 fully saturated rings. The summed E-state index contributed by atoms with van der Waals surface area (Å²) in [6.45, 7) is 7.29. The first-order valence-corrected chi connectivity index (χ1v) is 5.50. The fraction of sp³-hybridized carbons (Fsp3) is 0.545. The molecular formula is C11H17ClN2. The third-order valence-corrected chi connectivity index (χ3v) is 2.59. The number of allylic oxidation sites excluding steroid dienone is 1. The van der Waals surface area contributed by atoms with Gasteiger partial charge in [-0.3, -0.25) is 4.68 Å². The number of alkyl halides is 1. The lowest BCUT2D eigenvalue weighted by atomic mass is 10.0. The Labute approximate surface area is 90.6 Å². The van der Waals surface area contributed by atoms with Gasteiger partial charge in [0.1, 0.15) is 0 Å². The highest BCUT2D eigenvalue weighted by atomic mass is 35.5. The quantitative estimate of drug-likeness (QED) is 0.701. The van der Waals surface area contributed by atoms with Crippen LogP contribution in [0.25, 0.3) is 6.08 Å². The van der Waals surface area contributed by atoms with E-state index in [0.717, 1.165) is 12.2 Å². The minimum Gasteiger partial charge on any atom is -0.266 e. The maximum absolute atomic E-state index is 5.88. The third kappa shape index (κ3) is 2.61. The largest absolute Gasteiger partial charge is 0.266 e. The van der Waals surface area contributed by atoms with Gasteiger partial charge in [-0.15, -0.1) is 11.6 Å². The van der Waals surface area contributed by atoms with Gasteiger partial charge >= 0.3 is 0 Å². The van der Waals surface area contributed by atoms with Gasteiger partial charge in [0.05, 0.1) is 5.69 Å². The molecule has 78 valence electrons. The van der Waals surface area contributed by atoms with Gasteiger partial charge in [0.2, 0.25) is 0 Å². The van der Waals surface area contributed by atoms with Crippen LogP contribution in [0.2, 0.25) is 0 Å². The number of aromatic nitrogens is 2. The molecule has 1 aromatic rings. The Hall–Kier alpha value is -0.760. The summed E-state index contributed by atoms with van der Waals surface area (Å²) in [5.41, 5.74) is 2.39. The zero-order valence-electron chi connectivity index (χ0n) is 9.00. The Morgan fingerprint density at radius 2 is 2.36 bits per heavy atom. The van der Waals surface area contributed by atoms with Crippen LogP contribution in [0.15, 0.2) is 17.8 Å². The monoisotopic (exact) mass is 212 g/mol. The molecule has 1 heterocycles. The summed E-state index contributed by atoms with van der Waals surface area (Å²) >= 11 is 5.88. The average molecular weight is 213 g/mol. The maximum Gasteiger partial charge on any atom is 0.0609 e. The van der Waals surface area contributed by atoms with Crippen LogP contribution in [-0.4, -0.2) is 15.7 Å². The van der Waals surface area contributed by atoms with E-state index in [1.165, 1.54) is 5.57 Å². The number of halogens is 1. The molecular weight excluding hydrogens is 196 g/mol. The number of hydrogen-bond acceptors (Lipinski definition) is 1. The Balaban J connectivity index is 2.94. The Morgan fingerprint density at radius 3 is 2.86 bits per heavy atom. The molecule has 0 radical (unpaired) electrons. The zero-order valence-corrected chi connectivity index (χ0v) is 9.75. The Bertz CT molecular complexity index is 313. The van der Waals surface area contributed by atoms with Crippen molar-refractivity contribution >= 4 is 17.7 Å².